The average Bonchev–Trinajstić information content (AvgIpc) is 2.61. The van der Waals surface area contributed by atoms with Crippen LogP contribution in [-0.2, 0) is 12.0 Å². The number of carbonyl (C=O) groups is 1. The van der Waals surface area contributed by atoms with Crippen molar-refractivity contribution in [2.75, 3.05) is 14.2 Å². The van der Waals surface area contributed by atoms with Gasteiger partial charge in [0, 0.05) is 5.56 Å². The van der Waals surface area contributed by atoms with Gasteiger partial charge in [-0.05, 0) is 55.5 Å². The standard InChI is InChI=1S/C20H23NO3/c1-20(12-6-8-14-7-4-5-9-16(14)20)21-19(22)15-10-11-17(23-2)18(13-15)24-3/h4-5,7,9-11,13H,6,8,12H2,1-3H3,(H,21,22). The predicted molar refractivity (Wildman–Crippen MR) is 93.7 cm³/mol. The zero-order chi connectivity index (χ0) is 17.2. The molecule has 1 amide bonds. The Balaban J connectivity index is 1.88. The summed E-state index contributed by atoms with van der Waals surface area (Å²) in [6.07, 6.45) is 3.07. The van der Waals surface area contributed by atoms with Crippen LogP contribution < -0.4 is 14.8 Å². The van der Waals surface area contributed by atoms with Gasteiger partial charge in [-0.15, -0.1) is 0 Å². The Hall–Kier alpha value is -2.49. The fraction of sp³-hybridized carbons (Fsp3) is 0.350. The molecular formula is C20H23NO3. The molecule has 1 aliphatic rings. The third-order valence-corrected chi connectivity index (χ3v) is 4.77. The van der Waals surface area contributed by atoms with Crippen LogP contribution in [0.15, 0.2) is 42.5 Å². The molecule has 0 heterocycles. The van der Waals surface area contributed by atoms with Crippen molar-refractivity contribution in [3.8, 4) is 11.5 Å². The molecule has 0 radical (unpaired) electrons. The second kappa shape index (κ2) is 6.56. The zero-order valence-corrected chi connectivity index (χ0v) is 14.4. The molecule has 0 saturated heterocycles. The number of methoxy groups -OCH3 is 2. The Bertz CT molecular complexity index is 756. The van der Waals surface area contributed by atoms with Gasteiger partial charge in [0.15, 0.2) is 11.5 Å². The maximum absolute atomic E-state index is 12.8. The Morgan fingerprint density at radius 1 is 1.08 bits per heavy atom. The van der Waals surface area contributed by atoms with Crippen LogP contribution in [0.1, 0.15) is 41.3 Å². The zero-order valence-electron chi connectivity index (χ0n) is 14.4. The number of nitrogens with one attached hydrogen (secondary N) is 1. The monoisotopic (exact) mass is 325 g/mol. The molecule has 24 heavy (non-hydrogen) atoms. The molecule has 0 fully saturated rings. The SMILES string of the molecule is COc1ccc(C(=O)NC2(C)CCCc3ccccc32)cc1OC. The molecule has 1 unspecified atom stereocenters. The van der Waals surface area contributed by atoms with E-state index >= 15 is 0 Å². The van der Waals surface area contributed by atoms with Crippen LogP contribution in [-0.4, -0.2) is 20.1 Å². The van der Waals surface area contributed by atoms with Crippen molar-refractivity contribution in [1.29, 1.82) is 0 Å². The highest BCUT2D eigenvalue weighted by molar-refractivity contribution is 5.95. The number of hydrogen-bond acceptors (Lipinski definition) is 3. The lowest BCUT2D eigenvalue weighted by Gasteiger charge is -2.37. The highest BCUT2D eigenvalue weighted by atomic mass is 16.5. The van der Waals surface area contributed by atoms with Crippen molar-refractivity contribution in [2.45, 2.75) is 31.7 Å². The summed E-state index contributed by atoms with van der Waals surface area (Å²) in [7, 11) is 3.15. The lowest BCUT2D eigenvalue weighted by molar-refractivity contribution is 0.0894. The highest BCUT2D eigenvalue weighted by Crippen LogP contribution is 2.35. The van der Waals surface area contributed by atoms with E-state index in [0.29, 0.717) is 17.1 Å². The van der Waals surface area contributed by atoms with Crippen LogP contribution in [0.5, 0.6) is 11.5 Å². The van der Waals surface area contributed by atoms with Gasteiger partial charge in [0.05, 0.1) is 19.8 Å². The van der Waals surface area contributed by atoms with Crippen molar-refractivity contribution in [3.05, 3.63) is 59.2 Å². The van der Waals surface area contributed by atoms with Gasteiger partial charge in [-0.2, -0.15) is 0 Å². The lowest BCUT2D eigenvalue weighted by Crippen LogP contribution is -2.45. The number of ether oxygens (including phenoxy) is 2. The second-order valence-electron chi connectivity index (χ2n) is 6.37. The number of aryl methyl sites for hydroxylation is 1. The number of fused-ring (bicyclic) bond motifs is 1. The second-order valence-corrected chi connectivity index (χ2v) is 6.37. The largest absolute Gasteiger partial charge is 0.493 e. The molecule has 2 aromatic carbocycles. The van der Waals surface area contributed by atoms with E-state index in [-0.39, 0.29) is 11.4 Å². The van der Waals surface area contributed by atoms with E-state index in [1.807, 2.05) is 6.07 Å². The fourth-order valence-corrected chi connectivity index (χ4v) is 3.47. The van der Waals surface area contributed by atoms with Gasteiger partial charge in [0.1, 0.15) is 0 Å². The van der Waals surface area contributed by atoms with Gasteiger partial charge in [0.2, 0.25) is 0 Å². The normalized spacial score (nSPS) is 19.3. The van der Waals surface area contributed by atoms with Gasteiger partial charge < -0.3 is 14.8 Å². The molecule has 3 rings (SSSR count). The van der Waals surface area contributed by atoms with E-state index in [0.717, 1.165) is 19.3 Å². The summed E-state index contributed by atoms with van der Waals surface area (Å²) in [5.41, 5.74) is 2.75. The van der Waals surface area contributed by atoms with Gasteiger partial charge in [0.25, 0.3) is 5.91 Å². The summed E-state index contributed by atoms with van der Waals surface area (Å²) < 4.78 is 10.5. The maximum atomic E-state index is 12.8. The molecule has 0 bridgehead atoms. The first kappa shape index (κ1) is 16.4. The Morgan fingerprint density at radius 2 is 1.83 bits per heavy atom. The van der Waals surface area contributed by atoms with Crippen LogP contribution in [0, 0.1) is 0 Å². The summed E-state index contributed by atoms with van der Waals surface area (Å²) in [6.45, 7) is 2.10. The van der Waals surface area contributed by atoms with Gasteiger partial charge in [-0.25, -0.2) is 0 Å². The smallest absolute Gasteiger partial charge is 0.252 e. The quantitative estimate of drug-likeness (QED) is 0.933. The molecule has 0 spiro atoms. The number of benzene rings is 2. The molecule has 4 heteroatoms. The van der Waals surface area contributed by atoms with Crippen molar-refractivity contribution < 1.29 is 14.3 Å². The van der Waals surface area contributed by atoms with E-state index in [2.05, 4.69) is 30.4 Å². The molecule has 0 aromatic heterocycles. The number of amides is 1. The third-order valence-electron chi connectivity index (χ3n) is 4.77. The highest BCUT2D eigenvalue weighted by Gasteiger charge is 2.33. The minimum atomic E-state index is -0.348. The number of rotatable bonds is 4. The summed E-state index contributed by atoms with van der Waals surface area (Å²) >= 11 is 0. The third kappa shape index (κ3) is 2.96. The molecule has 1 aliphatic carbocycles. The van der Waals surface area contributed by atoms with Crippen molar-refractivity contribution >= 4 is 5.91 Å². The molecule has 4 nitrogen and oxygen atoms in total. The minimum absolute atomic E-state index is 0.102. The Labute approximate surface area is 142 Å². The van der Waals surface area contributed by atoms with E-state index < -0.39 is 0 Å². The number of hydrogen-bond donors (Lipinski definition) is 1. The van der Waals surface area contributed by atoms with Crippen molar-refractivity contribution in [3.63, 3.8) is 0 Å². The van der Waals surface area contributed by atoms with Gasteiger partial charge >= 0.3 is 0 Å². The van der Waals surface area contributed by atoms with Crippen LogP contribution in [0.2, 0.25) is 0 Å². The number of carbonyl (C=O) groups excluding carboxylic acids is 1. The van der Waals surface area contributed by atoms with Crippen LogP contribution in [0.3, 0.4) is 0 Å². The molecule has 126 valence electrons. The molecule has 1 N–H and O–H groups in total. The minimum Gasteiger partial charge on any atom is -0.493 e. The van der Waals surface area contributed by atoms with E-state index in [4.69, 9.17) is 9.47 Å². The molecule has 1 atom stereocenters. The first-order chi connectivity index (χ1) is 11.6. The van der Waals surface area contributed by atoms with E-state index in [1.165, 1.54) is 11.1 Å². The summed E-state index contributed by atoms with van der Waals surface area (Å²) in [4.78, 5) is 12.8. The lowest BCUT2D eigenvalue weighted by atomic mass is 9.77. The average molecular weight is 325 g/mol. The predicted octanol–water partition coefficient (Wildman–Crippen LogP) is 3.69. The molecular weight excluding hydrogens is 302 g/mol. The van der Waals surface area contributed by atoms with Crippen LogP contribution >= 0.6 is 0 Å². The first-order valence-electron chi connectivity index (χ1n) is 8.20. The Kier molecular flexibility index (Phi) is 4.47. The summed E-state index contributed by atoms with van der Waals surface area (Å²) in [6, 6.07) is 13.6. The topological polar surface area (TPSA) is 47.6 Å². The first-order valence-corrected chi connectivity index (χ1v) is 8.20. The van der Waals surface area contributed by atoms with E-state index in [1.54, 1.807) is 32.4 Å². The van der Waals surface area contributed by atoms with Gasteiger partial charge in [-0.3, -0.25) is 4.79 Å². The van der Waals surface area contributed by atoms with Crippen LogP contribution in [0.4, 0.5) is 0 Å². The van der Waals surface area contributed by atoms with Crippen LogP contribution in [0.25, 0.3) is 0 Å². The molecule has 0 aliphatic heterocycles. The fourth-order valence-electron chi connectivity index (χ4n) is 3.47. The summed E-state index contributed by atoms with van der Waals surface area (Å²) in [5, 5.41) is 3.22. The molecule has 2 aromatic rings. The molecule has 0 saturated carbocycles. The Morgan fingerprint density at radius 3 is 2.58 bits per heavy atom. The van der Waals surface area contributed by atoms with Crippen molar-refractivity contribution in [1.82, 2.24) is 5.32 Å². The van der Waals surface area contributed by atoms with Gasteiger partial charge in [-0.1, -0.05) is 24.3 Å². The van der Waals surface area contributed by atoms with Crippen molar-refractivity contribution in [2.24, 2.45) is 0 Å². The maximum Gasteiger partial charge on any atom is 0.252 e. The summed E-state index contributed by atoms with van der Waals surface area (Å²) in [5.74, 6) is 1.07. The van der Waals surface area contributed by atoms with E-state index in [9.17, 15) is 4.79 Å².